The average molecular weight is 227 g/mol. The normalized spacial score (nSPS) is 19.4. The molecule has 0 unspecified atom stereocenters. The van der Waals surface area contributed by atoms with Crippen LogP contribution in [0.15, 0.2) is 65.0 Å². The van der Waals surface area contributed by atoms with Gasteiger partial charge in [-0.15, -0.1) is 0 Å². The Morgan fingerprint density at radius 2 is 1.76 bits per heavy atom. The average Bonchev–Trinajstić information content (AvgIpc) is 2.42. The van der Waals surface area contributed by atoms with Crippen LogP contribution in [0.2, 0.25) is 0 Å². The zero-order valence-electron chi connectivity index (χ0n) is 8.85. The molecule has 0 fully saturated rings. The maximum absolute atomic E-state index is 11.8. The van der Waals surface area contributed by atoms with Crippen LogP contribution >= 0.6 is 0 Å². The third-order valence-electron chi connectivity index (χ3n) is 2.07. The number of hydrogen-bond donors (Lipinski definition) is 0. The second kappa shape index (κ2) is 4.98. The molecule has 0 radical (unpaired) electrons. The van der Waals surface area contributed by atoms with Crippen molar-refractivity contribution in [1.82, 2.24) is 0 Å². The van der Waals surface area contributed by atoms with E-state index in [9.17, 15) is 9.59 Å². The number of benzene rings is 1. The summed E-state index contributed by atoms with van der Waals surface area (Å²) in [5.41, 5.74) is 0.466. The van der Waals surface area contributed by atoms with Gasteiger partial charge in [-0.3, -0.25) is 4.79 Å². The van der Waals surface area contributed by atoms with E-state index in [1.165, 1.54) is 24.4 Å². The molecule has 0 atom stereocenters. The van der Waals surface area contributed by atoms with Gasteiger partial charge in [0.05, 0.1) is 5.69 Å². The number of carbonyl (C=O) groups is 2. The van der Waals surface area contributed by atoms with Gasteiger partial charge in [0, 0.05) is 12.3 Å². The molecular weight excluding hydrogens is 218 g/mol. The van der Waals surface area contributed by atoms with Gasteiger partial charge < -0.3 is 0 Å². The fraction of sp³-hybridized carbons (Fsp3) is 0. The number of rotatable bonds is 1. The number of hydrogen-bond acceptors (Lipinski definition) is 3. The van der Waals surface area contributed by atoms with Gasteiger partial charge in [0.1, 0.15) is 0 Å². The number of urea groups is 1. The Bertz CT molecular complexity index is 490. The van der Waals surface area contributed by atoms with Crippen LogP contribution in [0.4, 0.5) is 10.5 Å². The van der Waals surface area contributed by atoms with E-state index < -0.39 is 11.9 Å². The largest absolute Gasteiger partial charge is 0.373 e. The lowest BCUT2D eigenvalue weighted by atomic mass is 10.3. The lowest BCUT2D eigenvalue weighted by molar-refractivity contribution is -0.113. The van der Waals surface area contributed by atoms with Crippen LogP contribution in [-0.2, 0) is 4.79 Å². The Morgan fingerprint density at radius 1 is 1.00 bits per heavy atom. The summed E-state index contributed by atoms with van der Waals surface area (Å²) in [5.74, 6) is -0.452. The van der Waals surface area contributed by atoms with Crippen LogP contribution in [0.1, 0.15) is 0 Å². The SMILES string of the molecule is O=C1/C=C/C=C\N=NC(=O)N1c1ccccc1. The monoisotopic (exact) mass is 227 g/mol. The summed E-state index contributed by atoms with van der Waals surface area (Å²) < 4.78 is 0. The second-order valence-electron chi connectivity index (χ2n) is 3.21. The van der Waals surface area contributed by atoms with E-state index >= 15 is 0 Å². The molecule has 0 saturated carbocycles. The van der Waals surface area contributed by atoms with Crippen molar-refractivity contribution in [3.63, 3.8) is 0 Å². The molecule has 0 spiro atoms. The quantitative estimate of drug-likeness (QED) is 0.740. The van der Waals surface area contributed by atoms with Gasteiger partial charge >= 0.3 is 6.03 Å². The molecule has 1 aliphatic heterocycles. The van der Waals surface area contributed by atoms with E-state index in [1.807, 2.05) is 0 Å². The van der Waals surface area contributed by atoms with Crippen LogP contribution in [0.3, 0.4) is 0 Å². The number of nitrogens with zero attached hydrogens (tertiary/aromatic N) is 3. The number of allylic oxidation sites excluding steroid dienone is 2. The first-order valence-corrected chi connectivity index (χ1v) is 4.96. The Labute approximate surface area is 97.8 Å². The third-order valence-corrected chi connectivity index (χ3v) is 2.07. The molecule has 84 valence electrons. The molecule has 1 aliphatic rings. The molecule has 1 aromatic carbocycles. The summed E-state index contributed by atoms with van der Waals surface area (Å²) >= 11 is 0. The molecule has 2 rings (SSSR count). The smallest absolute Gasteiger partial charge is 0.269 e. The highest BCUT2D eigenvalue weighted by atomic mass is 16.2. The van der Waals surface area contributed by atoms with Crippen LogP contribution in [0.25, 0.3) is 0 Å². The molecule has 3 amide bonds. The zero-order chi connectivity index (χ0) is 12.1. The summed E-state index contributed by atoms with van der Waals surface area (Å²) in [6.45, 7) is 0. The van der Waals surface area contributed by atoms with Crippen molar-refractivity contribution in [2.45, 2.75) is 0 Å². The topological polar surface area (TPSA) is 62.1 Å². The first-order valence-electron chi connectivity index (χ1n) is 4.96. The van der Waals surface area contributed by atoms with Gasteiger partial charge in [0.2, 0.25) is 0 Å². The highest BCUT2D eigenvalue weighted by molar-refractivity contribution is 6.18. The maximum atomic E-state index is 11.8. The van der Waals surface area contributed by atoms with Crippen LogP contribution in [-0.4, -0.2) is 11.9 Å². The summed E-state index contributed by atoms with van der Waals surface area (Å²) in [5, 5.41) is 6.95. The van der Waals surface area contributed by atoms with E-state index in [1.54, 1.807) is 30.3 Å². The number of para-hydroxylation sites is 1. The number of anilines is 1. The molecular formula is C12H9N3O2. The zero-order valence-corrected chi connectivity index (χ0v) is 8.85. The fourth-order valence-corrected chi connectivity index (χ4v) is 1.34. The van der Waals surface area contributed by atoms with Crippen molar-refractivity contribution in [2.75, 3.05) is 4.90 Å². The van der Waals surface area contributed by atoms with Gasteiger partial charge in [-0.2, -0.15) is 5.11 Å². The molecule has 0 aromatic heterocycles. The number of imide groups is 1. The predicted octanol–water partition coefficient (Wildman–Crippen LogP) is 2.68. The molecule has 1 aromatic rings. The minimum atomic E-state index is -0.711. The number of azo groups is 1. The molecule has 1 heterocycles. The molecule has 0 saturated heterocycles. The van der Waals surface area contributed by atoms with Crippen molar-refractivity contribution < 1.29 is 9.59 Å². The summed E-state index contributed by atoms with van der Waals surface area (Å²) in [4.78, 5) is 24.5. The Hall–Kier alpha value is -2.56. The van der Waals surface area contributed by atoms with Gasteiger partial charge in [-0.05, 0) is 18.2 Å². The first kappa shape index (κ1) is 10.9. The first-order chi connectivity index (χ1) is 8.29. The molecule has 0 N–H and O–H groups in total. The third kappa shape index (κ3) is 2.52. The lowest BCUT2D eigenvalue weighted by Gasteiger charge is -2.15. The highest BCUT2D eigenvalue weighted by Crippen LogP contribution is 2.15. The van der Waals surface area contributed by atoms with Crippen LogP contribution in [0, 0.1) is 0 Å². The maximum Gasteiger partial charge on any atom is 0.373 e. The van der Waals surface area contributed by atoms with Gasteiger partial charge in [-0.1, -0.05) is 29.4 Å². The van der Waals surface area contributed by atoms with E-state index in [-0.39, 0.29) is 0 Å². The standard InChI is InChI=1S/C12H9N3O2/c16-11-8-4-5-9-13-14-12(17)15(11)10-6-2-1-3-7-10/h1-9H/b8-4+,9-5-,14-13?. The number of carbonyl (C=O) groups excluding carboxylic acids is 2. The van der Waals surface area contributed by atoms with Crippen molar-refractivity contribution in [2.24, 2.45) is 10.2 Å². The van der Waals surface area contributed by atoms with Gasteiger partial charge in [0.15, 0.2) is 0 Å². The van der Waals surface area contributed by atoms with E-state index in [0.717, 1.165) is 4.90 Å². The summed E-state index contributed by atoms with van der Waals surface area (Å²) in [7, 11) is 0. The molecule has 0 aliphatic carbocycles. The van der Waals surface area contributed by atoms with Crippen molar-refractivity contribution in [3.05, 3.63) is 54.8 Å². The summed E-state index contributed by atoms with van der Waals surface area (Å²) in [6, 6.07) is 7.88. The number of amides is 3. The van der Waals surface area contributed by atoms with Gasteiger partial charge in [0.25, 0.3) is 5.91 Å². The van der Waals surface area contributed by atoms with E-state index in [4.69, 9.17) is 0 Å². The second-order valence-corrected chi connectivity index (χ2v) is 3.21. The predicted molar refractivity (Wildman–Crippen MR) is 62.5 cm³/mol. The fourth-order valence-electron chi connectivity index (χ4n) is 1.34. The molecule has 0 bridgehead atoms. The molecule has 5 heteroatoms. The molecule has 5 nitrogen and oxygen atoms in total. The van der Waals surface area contributed by atoms with Crippen molar-refractivity contribution >= 4 is 17.6 Å². The lowest BCUT2D eigenvalue weighted by Crippen LogP contribution is -2.33. The minimum absolute atomic E-state index is 0.452. The van der Waals surface area contributed by atoms with E-state index in [0.29, 0.717) is 5.69 Å². The van der Waals surface area contributed by atoms with Gasteiger partial charge in [-0.25, -0.2) is 9.69 Å². The molecule has 17 heavy (non-hydrogen) atoms. The Morgan fingerprint density at radius 3 is 2.53 bits per heavy atom. The van der Waals surface area contributed by atoms with Crippen molar-refractivity contribution in [1.29, 1.82) is 0 Å². The Balaban J connectivity index is 2.42. The van der Waals surface area contributed by atoms with Crippen LogP contribution < -0.4 is 4.90 Å². The van der Waals surface area contributed by atoms with Crippen molar-refractivity contribution in [3.8, 4) is 0 Å². The summed E-state index contributed by atoms with van der Waals surface area (Å²) in [6.07, 6.45) is 5.67. The highest BCUT2D eigenvalue weighted by Gasteiger charge is 2.21. The van der Waals surface area contributed by atoms with Crippen LogP contribution in [0.5, 0.6) is 0 Å². The minimum Gasteiger partial charge on any atom is -0.269 e. The Kier molecular flexibility index (Phi) is 3.20. The van der Waals surface area contributed by atoms with E-state index in [2.05, 4.69) is 10.2 Å².